The van der Waals surface area contributed by atoms with Crippen molar-refractivity contribution in [3.8, 4) is 22.3 Å². The van der Waals surface area contributed by atoms with Gasteiger partial charge in [-0.05, 0) is 52.1 Å². The van der Waals surface area contributed by atoms with Gasteiger partial charge < -0.3 is 5.32 Å². The zero-order valence-electron chi connectivity index (χ0n) is 15.8. The largest absolute Gasteiger partial charge is 0.388 e. The molecule has 0 aliphatic carbocycles. The minimum Gasteiger partial charge on any atom is -0.388 e. The zero-order valence-corrected chi connectivity index (χ0v) is 15.8. The summed E-state index contributed by atoms with van der Waals surface area (Å²) in [4.78, 5) is 0. The Hall–Kier alpha value is -3.32. The van der Waals surface area contributed by atoms with E-state index in [4.69, 9.17) is 0 Å². The van der Waals surface area contributed by atoms with Crippen LogP contribution >= 0.6 is 0 Å². The summed E-state index contributed by atoms with van der Waals surface area (Å²) in [6.07, 6.45) is 1.97. The fourth-order valence-electron chi connectivity index (χ4n) is 3.81. The van der Waals surface area contributed by atoms with Crippen LogP contribution in [-0.2, 0) is 0 Å². The number of benzene rings is 4. The maximum atomic E-state index is 4.11. The summed E-state index contributed by atoms with van der Waals surface area (Å²) in [5.41, 5.74) is 8.42. The monoisotopic (exact) mass is 349 g/mol. The lowest BCUT2D eigenvalue weighted by Gasteiger charge is -2.20. The smallest absolute Gasteiger partial charge is 0.0417 e. The number of anilines is 1. The molecule has 0 aliphatic rings. The van der Waals surface area contributed by atoms with Crippen molar-refractivity contribution in [3.05, 3.63) is 96.6 Å². The van der Waals surface area contributed by atoms with E-state index in [1.54, 1.807) is 0 Å². The van der Waals surface area contributed by atoms with Crippen LogP contribution in [0.25, 0.3) is 39.1 Å². The number of hydrogen-bond acceptors (Lipinski definition) is 1. The number of hydrogen-bond donors (Lipinski definition) is 1. The van der Waals surface area contributed by atoms with Crippen LogP contribution in [0.2, 0.25) is 0 Å². The van der Waals surface area contributed by atoms with E-state index in [2.05, 4.69) is 97.7 Å². The third-order valence-electron chi connectivity index (χ3n) is 5.08. The van der Waals surface area contributed by atoms with Gasteiger partial charge in [-0.25, -0.2) is 0 Å². The highest BCUT2D eigenvalue weighted by atomic mass is 14.8. The molecule has 1 heteroatoms. The van der Waals surface area contributed by atoms with Gasteiger partial charge in [0.05, 0.1) is 0 Å². The highest BCUT2D eigenvalue weighted by Gasteiger charge is 2.17. The second kappa shape index (κ2) is 7.13. The first kappa shape index (κ1) is 17.1. The topological polar surface area (TPSA) is 12.0 Å². The molecule has 4 rings (SSSR count). The van der Waals surface area contributed by atoms with E-state index in [9.17, 15) is 0 Å². The lowest BCUT2D eigenvalue weighted by Crippen LogP contribution is -1.97. The van der Waals surface area contributed by atoms with E-state index in [0.717, 1.165) is 11.3 Å². The molecule has 0 bridgehead atoms. The van der Waals surface area contributed by atoms with Crippen molar-refractivity contribution in [1.82, 2.24) is 0 Å². The molecule has 132 valence electrons. The zero-order chi connectivity index (χ0) is 18.8. The van der Waals surface area contributed by atoms with Crippen molar-refractivity contribution in [2.45, 2.75) is 6.92 Å². The maximum Gasteiger partial charge on any atom is 0.0417 e. The molecule has 1 N–H and O–H groups in total. The van der Waals surface area contributed by atoms with Crippen LogP contribution in [0.5, 0.6) is 0 Å². The third-order valence-corrected chi connectivity index (χ3v) is 5.08. The van der Waals surface area contributed by atoms with Gasteiger partial charge in [-0.2, -0.15) is 0 Å². The molecular formula is C26H23N. The average molecular weight is 349 g/mol. The predicted molar refractivity (Wildman–Crippen MR) is 119 cm³/mol. The summed E-state index contributed by atoms with van der Waals surface area (Å²) in [6, 6.07) is 28.0. The quantitative estimate of drug-likeness (QED) is 0.412. The first-order chi connectivity index (χ1) is 13.2. The van der Waals surface area contributed by atoms with E-state index in [-0.39, 0.29) is 0 Å². The number of fused-ring (bicyclic) bond motifs is 1. The second-order valence-electron chi connectivity index (χ2n) is 6.81. The Balaban J connectivity index is 2.21. The lowest BCUT2D eigenvalue weighted by atomic mass is 9.85. The van der Waals surface area contributed by atoms with E-state index < -0.39 is 0 Å². The Morgan fingerprint density at radius 1 is 0.815 bits per heavy atom. The van der Waals surface area contributed by atoms with Crippen LogP contribution in [0.4, 0.5) is 5.69 Å². The van der Waals surface area contributed by atoms with Gasteiger partial charge in [0.25, 0.3) is 0 Å². The summed E-state index contributed by atoms with van der Waals surface area (Å²) >= 11 is 0. The minimum atomic E-state index is 1.12. The normalized spacial score (nSPS) is 10.7. The lowest BCUT2D eigenvalue weighted by molar-refractivity contribution is 1.48. The fourth-order valence-corrected chi connectivity index (χ4v) is 3.81. The van der Waals surface area contributed by atoms with Crippen molar-refractivity contribution in [2.24, 2.45) is 0 Å². The van der Waals surface area contributed by atoms with E-state index in [1.165, 1.54) is 38.6 Å². The average Bonchev–Trinajstić information content (AvgIpc) is 2.73. The van der Waals surface area contributed by atoms with Crippen LogP contribution in [0.1, 0.15) is 11.1 Å². The van der Waals surface area contributed by atoms with Crippen molar-refractivity contribution in [2.75, 3.05) is 12.4 Å². The van der Waals surface area contributed by atoms with Crippen molar-refractivity contribution in [3.63, 3.8) is 0 Å². The Bertz CT molecular complexity index is 1120. The number of para-hydroxylation sites is 1. The third kappa shape index (κ3) is 3.02. The molecule has 0 unspecified atom stereocenters. The summed E-state index contributed by atoms with van der Waals surface area (Å²) in [7, 11) is 1.97. The molecule has 4 aromatic rings. The molecule has 0 spiro atoms. The summed E-state index contributed by atoms with van der Waals surface area (Å²) in [6.45, 7) is 6.26. The molecule has 27 heavy (non-hydrogen) atoms. The van der Waals surface area contributed by atoms with Crippen LogP contribution in [0, 0.1) is 6.92 Å². The second-order valence-corrected chi connectivity index (χ2v) is 6.81. The molecule has 4 aromatic carbocycles. The Labute approximate surface area is 161 Å². The standard InChI is InChI=1S/C26H23N/c1-4-19-17-21-15-14-18(2)16-23(21)26(20-10-6-5-7-11-20)25(19)22-12-8-9-13-24(22)27-3/h4-17,27H,1H2,2-3H3. The molecule has 0 saturated carbocycles. The highest BCUT2D eigenvalue weighted by molar-refractivity contribution is 6.08. The van der Waals surface area contributed by atoms with Gasteiger partial charge in [0.1, 0.15) is 0 Å². The first-order valence-electron chi connectivity index (χ1n) is 9.25. The molecule has 0 aliphatic heterocycles. The Kier molecular flexibility index (Phi) is 4.52. The molecule has 0 fully saturated rings. The van der Waals surface area contributed by atoms with Crippen LogP contribution < -0.4 is 5.32 Å². The molecule has 0 heterocycles. The summed E-state index contributed by atoms with van der Waals surface area (Å²) in [5, 5.41) is 5.86. The maximum absolute atomic E-state index is 4.11. The van der Waals surface area contributed by atoms with E-state index in [1.807, 2.05) is 13.1 Å². The van der Waals surface area contributed by atoms with Gasteiger partial charge in [-0.1, -0.05) is 84.9 Å². The number of nitrogens with one attached hydrogen (secondary N) is 1. The molecule has 1 nitrogen and oxygen atoms in total. The van der Waals surface area contributed by atoms with E-state index >= 15 is 0 Å². The van der Waals surface area contributed by atoms with Crippen molar-refractivity contribution < 1.29 is 0 Å². The first-order valence-corrected chi connectivity index (χ1v) is 9.25. The van der Waals surface area contributed by atoms with E-state index in [0.29, 0.717) is 0 Å². The molecular weight excluding hydrogens is 326 g/mol. The predicted octanol–water partition coefficient (Wildman–Crippen LogP) is 7.17. The van der Waals surface area contributed by atoms with Crippen molar-refractivity contribution in [1.29, 1.82) is 0 Å². The Morgan fingerprint density at radius 2 is 1.56 bits per heavy atom. The van der Waals surface area contributed by atoms with Gasteiger partial charge in [-0.15, -0.1) is 0 Å². The minimum absolute atomic E-state index is 1.12. The highest BCUT2D eigenvalue weighted by Crippen LogP contribution is 2.43. The molecule has 0 amide bonds. The van der Waals surface area contributed by atoms with Gasteiger partial charge in [-0.3, -0.25) is 0 Å². The van der Waals surface area contributed by atoms with Gasteiger partial charge in [0, 0.05) is 18.3 Å². The molecule has 0 atom stereocenters. The summed E-state index contributed by atoms with van der Waals surface area (Å²) < 4.78 is 0. The molecule has 0 aromatic heterocycles. The fraction of sp³-hybridized carbons (Fsp3) is 0.0769. The Morgan fingerprint density at radius 3 is 2.30 bits per heavy atom. The number of aryl methyl sites for hydroxylation is 1. The summed E-state index contributed by atoms with van der Waals surface area (Å²) in [5.74, 6) is 0. The van der Waals surface area contributed by atoms with Crippen LogP contribution in [0.15, 0.2) is 85.4 Å². The van der Waals surface area contributed by atoms with Gasteiger partial charge in [0.2, 0.25) is 0 Å². The molecule has 0 saturated heterocycles. The van der Waals surface area contributed by atoms with Gasteiger partial charge >= 0.3 is 0 Å². The molecule has 0 radical (unpaired) electrons. The van der Waals surface area contributed by atoms with Crippen molar-refractivity contribution >= 4 is 22.5 Å². The van der Waals surface area contributed by atoms with Crippen LogP contribution in [0.3, 0.4) is 0 Å². The SMILES string of the molecule is C=Cc1cc2ccc(C)cc2c(-c2ccccc2)c1-c1ccccc1NC. The van der Waals surface area contributed by atoms with Gasteiger partial charge in [0.15, 0.2) is 0 Å². The number of rotatable bonds is 4. The van der Waals surface area contributed by atoms with Crippen LogP contribution in [-0.4, -0.2) is 7.05 Å².